The van der Waals surface area contributed by atoms with Gasteiger partial charge in [0.1, 0.15) is 11.5 Å². The van der Waals surface area contributed by atoms with E-state index in [2.05, 4.69) is 5.32 Å². The van der Waals surface area contributed by atoms with Gasteiger partial charge in [0.25, 0.3) is 0 Å². The Hall–Kier alpha value is -2.27. The standard InChI is InChI=1S/C16H20N2O3/c1-3-20-15-9-5-4-8-14(15)17-16(19)12-18(2)11-13-7-6-10-21-13/h4-10H,3,11-12H2,1-2H3,(H,17,19). The van der Waals surface area contributed by atoms with E-state index in [4.69, 9.17) is 9.15 Å². The third-order valence-corrected chi connectivity index (χ3v) is 2.88. The molecule has 21 heavy (non-hydrogen) atoms. The molecule has 0 atom stereocenters. The first kappa shape index (κ1) is 15.1. The van der Waals surface area contributed by atoms with Crippen LogP contribution in [-0.4, -0.2) is 31.0 Å². The largest absolute Gasteiger partial charge is 0.492 e. The van der Waals surface area contributed by atoms with Crippen molar-refractivity contribution < 1.29 is 13.9 Å². The van der Waals surface area contributed by atoms with E-state index in [1.54, 1.807) is 6.26 Å². The van der Waals surface area contributed by atoms with Gasteiger partial charge in [0.2, 0.25) is 5.91 Å². The molecule has 0 saturated heterocycles. The maximum Gasteiger partial charge on any atom is 0.238 e. The van der Waals surface area contributed by atoms with Crippen LogP contribution in [0.5, 0.6) is 5.75 Å². The molecule has 0 spiro atoms. The van der Waals surface area contributed by atoms with Crippen LogP contribution in [0.2, 0.25) is 0 Å². The number of likely N-dealkylation sites (N-methyl/N-ethyl adjacent to an activating group) is 1. The zero-order valence-electron chi connectivity index (χ0n) is 12.3. The van der Waals surface area contributed by atoms with Crippen LogP contribution in [-0.2, 0) is 11.3 Å². The molecule has 5 heteroatoms. The van der Waals surface area contributed by atoms with Gasteiger partial charge in [-0.2, -0.15) is 0 Å². The van der Waals surface area contributed by atoms with E-state index in [0.29, 0.717) is 24.6 Å². The van der Waals surface area contributed by atoms with Crippen molar-refractivity contribution in [1.29, 1.82) is 0 Å². The number of nitrogens with one attached hydrogen (secondary N) is 1. The zero-order chi connectivity index (χ0) is 15.1. The summed E-state index contributed by atoms with van der Waals surface area (Å²) in [4.78, 5) is 14.0. The Kier molecular flexibility index (Phi) is 5.40. The minimum absolute atomic E-state index is 0.0868. The molecule has 1 aromatic heterocycles. The predicted molar refractivity (Wildman–Crippen MR) is 81.3 cm³/mol. The minimum atomic E-state index is -0.0868. The van der Waals surface area contributed by atoms with E-state index in [1.165, 1.54) is 0 Å². The molecule has 1 amide bonds. The highest BCUT2D eigenvalue weighted by molar-refractivity contribution is 5.93. The first-order valence-electron chi connectivity index (χ1n) is 6.91. The van der Waals surface area contributed by atoms with Crippen molar-refractivity contribution in [3.8, 4) is 5.75 Å². The van der Waals surface area contributed by atoms with Crippen LogP contribution < -0.4 is 10.1 Å². The van der Waals surface area contributed by atoms with Gasteiger partial charge in [0.05, 0.1) is 31.6 Å². The number of hydrogen-bond donors (Lipinski definition) is 1. The molecule has 1 heterocycles. The summed E-state index contributed by atoms with van der Waals surface area (Å²) in [5.41, 5.74) is 0.691. The van der Waals surface area contributed by atoms with Gasteiger partial charge in [-0.1, -0.05) is 12.1 Å². The number of para-hydroxylation sites is 2. The third kappa shape index (κ3) is 4.65. The summed E-state index contributed by atoms with van der Waals surface area (Å²) in [7, 11) is 1.87. The van der Waals surface area contributed by atoms with Gasteiger partial charge in [0.15, 0.2) is 0 Å². The molecule has 0 radical (unpaired) electrons. The number of anilines is 1. The lowest BCUT2D eigenvalue weighted by Crippen LogP contribution is -2.29. The van der Waals surface area contributed by atoms with Gasteiger partial charge < -0.3 is 14.5 Å². The molecule has 0 aliphatic rings. The average molecular weight is 288 g/mol. The van der Waals surface area contributed by atoms with Crippen LogP contribution in [0.1, 0.15) is 12.7 Å². The van der Waals surface area contributed by atoms with E-state index in [-0.39, 0.29) is 12.5 Å². The van der Waals surface area contributed by atoms with Crippen molar-refractivity contribution in [2.45, 2.75) is 13.5 Å². The summed E-state index contributed by atoms with van der Waals surface area (Å²) >= 11 is 0. The lowest BCUT2D eigenvalue weighted by molar-refractivity contribution is -0.117. The summed E-state index contributed by atoms with van der Waals surface area (Å²) in [5.74, 6) is 1.43. The smallest absolute Gasteiger partial charge is 0.238 e. The van der Waals surface area contributed by atoms with Gasteiger partial charge in [-0.05, 0) is 38.2 Å². The van der Waals surface area contributed by atoms with Crippen molar-refractivity contribution in [2.75, 3.05) is 25.5 Å². The summed E-state index contributed by atoms with van der Waals surface area (Å²) < 4.78 is 10.7. The number of amides is 1. The Morgan fingerprint density at radius 3 is 2.81 bits per heavy atom. The fourth-order valence-corrected chi connectivity index (χ4v) is 2.01. The molecule has 0 aliphatic carbocycles. The Bertz CT molecular complexity index is 567. The number of hydrogen-bond acceptors (Lipinski definition) is 4. The van der Waals surface area contributed by atoms with Gasteiger partial charge in [0, 0.05) is 0 Å². The maximum absolute atomic E-state index is 12.1. The van der Waals surface area contributed by atoms with Crippen LogP contribution >= 0.6 is 0 Å². The molecule has 2 rings (SSSR count). The Balaban J connectivity index is 1.89. The summed E-state index contributed by atoms with van der Waals surface area (Å²) in [5, 5.41) is 2.87. The lowest BCUT2D eigenvalue weighted by Gasteiger charge is -2.16. The number of rotatable bonds is 7. The van der Waals surface area contributed by atoms with Crippen molar-refractivity contribution in [3.63, 3.8) is 0 Å². The van der Waals surface area contributed by atoms with Crippen LogP contribution in [0.25, 0.3) is 0 Å². The summed E-state index contributed by atoms with van der Waals surface area (Å²) in [6.45, 7) is 3.34. The molecule has 1 aromatic carbocycles. The number of carbonyl (C=O) groups is 1. The monoisotopic (exact) mass is 288 g/mol. The van der Waals surface area contributed by atoms with Crippen molar-refractivity contribution >= 4 is 11.6 Å². The Labute approximate surface area is 124 Å². The molecule has 2 aromatic rings. The molecule has 1 N–H and O–H groups in total. The van der Waals surface area contributed by atoms with Gasteiger partial charge in [-0.25, -0.2) is 0 Å². The molecular formula is C16H20N2O3. The number of carbonyl (C=O) groups excluding carboxylic acids is 1. The van der Waals surface area contributed by atoms with E-state index in [0.717, 1.165) is 5.76 Å². The molecule has 0 saturated carbocycles. The highest BCUT2D eigenvalue weighted by Crippen LogP contribution is 2.23. The second-order valence-electron chi connectivity index (χ2n) is 4.73. The first-order valence-corrected chi connectivity index (χ1v) is 6.91. The predicted octanol–water partition coefficient (Wildman–Crippen LogP) is 2.75. The van der Waals surface area contributed by atoms with Crippen LogP contribution in [0.15, 0.2) is 47.1 Å². The molecule has 0 unspecified atom stereocenters. The SMILES string of the molecule is CCOc1ccccc1NC(=O)CN(C)Cc1ccco1. The fraction of sp³-hybridized carbons (Fsp3) is 0.312. The minimum Gasteiger partial charge on any atom is -0.492 e. The van der Waals surface area contributed by atoms with Crippen LogP contribution in [0.3, 0.4) is 0 Å². The highest BCUT2D eigenvalue weighted by atomic mass is 16.5. The fourth-order valence-electron chi connectivity index (χ4n) is 2.01. The van der Waals surface area contributed by atoms with Gasteiger partial charge in [-0.3, -0.25) is 9.69 Å². The Morgan fingerprint density at radius 1 is 1.29 bits per heavy atom. The molecular weight excluding hydrogens is 268 g/mol. The van der Waals surface area contributed by atoms with E-state index in [1.807, 2.05) is 55.3 Å². The molecule has 0 aliphatic heterocycles. The normalized spacial score (nSPS) is 10.6. The summed E-state index contributed by atoms with van der Waals surface area (Å²) in [6.07, 6.45) is 1.63. The average Bonchev–Trinajstić information content (AvgIpc) is 2.93. The number of ether oxygens (including phenoxy) is 1. The quantitative estimate of drug-likeness (QED) is 0.851. The second-order valence-corrected chi connectivity index (χ2v) is 4.73. The highest BCUT2D eigenvalue weighted by Gasteiger charge is 2.11. The summed E-state index contributed by atoms with van der Waals surface area (Å²) in [6, 6.07) is 11.1. The Morgan fingerprint density at radius 2 is 2.10 bits per heavy atom. The van der Waals surface area contributed by atoms with E-state index >= 15 is 0 Å². The van der Waals surface area contributed by atoms with Gasteiger partial charge in [-0.15, -0.1) is 0 Å². The molecule has 112 valence electrons. The van der Waals surface area contributed by atoms with E-state index in [9.17, 15) is 4.79 Å². The van der Waals surface area contributed by atoms with Crippen molar-refractivity contribution in [2.24, 2.45) is 0 Å². The van der Waals surface area contributed by atoms with Gasteiger partial charge >= 0.3 is 0 Å². The maximum atomic E-state index is 12.1. The second kappa shape index (κ2) is 7.50. The molecule has 0 fully saturated rings. The van der Waals surface area contributed by atoms with Crippen LogP contribution in [0.4, 0.5) is 5.69 Å². The third-order valence-electron chi connectivity index (χ3n) is 2.88. The number of furan rings is 1. The lowest BCUT2D eigenvalue weighted by atomic mass is 10.3. The molecule has 5 nitrogen and oxygen atoms in total. The first-order chi connectivity index (χ1) is 10.2. The zero-order valence-corrected chi connectivity index (χ0v) is 12.3. The van der Waals surface area contributed by atoms with E-state index < -0.39 is 0 Å². The number of benzene rings is 1. The molecule has 0 bridgehead atoms. The topological polar surface area (TPSA) is 54.7 Å². The van der Waals surface area contributed by atoms with Crippen molar-refractivity contribution in [1.82, 2.24) is 4.90 Å². The number of nitrogens with zero attached hydrogens (tertiary/aromatic N) is 1. The van der Waals surface area contributed by atoms with Crippen LogP contribution in [0, 0.1) is 0 Å². The van der Waals surface area contributed by atoms with Crippen molar-refractivity contribution in [3.05, 3.63) is 48.4 Å².